The molecule has 2 aliphatic heterocycles. The fraction of sp³-hybridized carbons (Fsp3) is 0.429. The third-order valence-corrected chi connectivity index (χ3v) is 5.60. The zero-order chi connectivity index (χ0) is 19.5. The SMILES string of the molecule is O=[N+]([O-])c1ccc2c(c1)C(c1ccccc1F)N(CCN1CCCC1)CCO2. The lowest BCUT2D eigenvalue weighted by Crippen LogP contribution is -2.38. The summed E-state index contributed by atoms with van der Waals surface area (Å²) in [5.41, 5.74) is 1.17. The highest BCUT2D eigenvalue weighted by Gasteiger charge is 2.31. The smallest absolute Gasteiger partial charge is 0.270 e. The summed E-state index contributed by atoms with van der Waals surface area (Å²) in [5, 5.41) is 11.3. The number of ether oxygens (including phenoxy) is 1. The molecule has 7 heteroatoms. The molecule has 0 radical (unpaired) electrons. The molecule has 0 N–H and O–H groups in total. The number of hydrogen-bond donors (Lipinski definition) is 0. The van der Waals surface area contributed by atoms with Crippen LogP contribution in [0.15, 0.2) is 42.5 Å². The Balaban J connectivity index is 1.73. The summed E-state index contributed by atoms with van der Waals surface area (Å²) in [6, 6.07) is 10.9. The van der Waals surface area contributed by atoms with Crippen molar-refractivity contribution in [3.8, 4) is 5.75 Å². The number of halogens is 1. The van der Waals surface area contributed by atoms with E-state index in [0.29, 0.717) is 30.0 Å². The largest absolute Gasteiger partial charge is 0.492 e. The van der Waals surface area contributed by atoms with E-state index in [1.54, 1.807) is 24.3 Å². The molecule has 0 bridgehead atoms. The van der Waals surface area contributed by atoms with Crippen molar-refractivity contribution in [3.63, 3.8) is 0 Å². The minimum Gasteiger partial charge on any atom is -0.492 e. The van der Waals surface area contributed by atoms with Gasteiger partial charge in [0.15, 0.2) is 0 Å². The van der Waals surface area contributed by atoms with Gasteiger partial charge in [0.05, 0.1) is 11.0 Å². The molecule has 0 saturated carbocycles. The third-order valence-electron chi connectivity index (χ3n) is 5.60. The average Bonchev–Trinajstić information content (AvgIpc) is 3.14. The van der Waals surface area contributed by atoms with Crippen LogP contribution >= 0.6 is 0 Å². The Hall–Kier alpha value is -2.51. The van der Waals surface area contributed by atoms with Crippen LogP contribution in [-0.2, 0) is 0 Å². The zero-order valence-electron chi connectivity index (χ0n) is 15.7. The summed E-state index contributed by atoms with van der Waals surface area (Å²) in [6.07, 6.45) is 2.43. The van der Waals surface area contributed by atoms with Crippen LogP contribution < -0.4 is 4.74 Å². The zero-order valence-corrected chi connectivity index (χ0v) is 15.7. The Kier molecular flexibility index (Phi) is 5.54. The first-order valence-corrected chi connectivity index (χ1v) is 9.75. The molecule has 0 aromatic heterocycles. The number of benzene rings is 2. The van der Waals surface area contributed by atoms with Gasteiger partial charge in [-0.3, -0.25) is 15.0 Å². The molecular formula is C21H24FN3O3. The molecule has 1 atom stereocenters. The van der Waals surface area contributed by atoms with Crippen LogP contribution in [0.3, 0.4) is 0 Å². The fourth-order valence-corrected chi connectivity index (χ4v) is 4.17. The summed E-state index contributed by atoms with van der Waals surface area (Å²) in [6.45, 7) is 4.94. The van der Waals surface area contributed by atoms with Crippen molar-refractivity contribution in [1.29, 1.82) is 0 Å². The Bertz CT molecular complexity index is 855. The Morgan fingerprint density at radius 2 is 1.86 bits per heavy atom. The molecule has 148 valence electrons. The van der Waals surface area contributed by atoms with Gasteiger partial charge >= 0.3 is 0 Å². The predicted molar refractivity (Wildman–Crippen MR) is 104 cm³/mol. The topological polar surface area (TPSA) is 58.9 Å². The number of nitro groups is 1. The van der Waals surface area contributed by atoms with Gasteiger partial charge in [0.25, 0.3) is 5.69 Å². The van der Waals surface area contributed by atoms with Crippen LogP contribution in [0.4, 0.5) is 10.1 Å². The van der Waals surface area contributed by atoms with Gasteiger partial charge in [0.1, 0.15) is 18.2 Å². The summed E-state index contributed by atoms with van der Waals surface area (Å²) >= 11 is 0. The Morgan fingerprint density at radius 3 is 2.61 bits per heavy atom. The van der Waals surface area contributed by atoms with Crippen LogP contribution in [0.2, 0.25) is 0 Å². The maximum atomic E-state index is 14.8. The van der Waals surface area contributed by atoms with Crippen molar-refractivity contribution in [2.24, 2.45) is 0 Å². The molecule has 6 nitrogen and oxygen atoms in total. The second kappa shape index (κ2) is 8.24. The lowest BCUT2D eigenvalue weighted by molar-refractivity contribution is -0.385. The molecule has 28 heavy (non-hydrogen) atoms. The van der Waals surface area contributed by atoms with Crippen molar-refractivity contribution in [1.82, 2.24) is 9.80 Å². The monoisotopic (exact) mass is 385 g/mol. The molecule has 1 fully saturated rings. The van der Waals surface area contributed by atoms with Crippen molar-refractivity contribution in [2.75, 3.05) is 39.3 Å². The second-order valence-electron chi connectivity index (χ2n) is 7.34. The van der Waals surface area contributed by atoms with E-state index >= 15 is 0 Å². The van der Waals surface area contributed by atoms with Gasteiger partial charge in [-0.05, 0) is 38.1 Å². The molecule has 0 aliphatic carbocycles. The predicted octanol–water partition coefficient (Wildman–Crippen LogP) is 3.61. The average molecular weight is 385 g/mol. The van der Waals surface area contributed by atoms with Crippen molar-refractivity contribution >= 4 is 5.69 Å². The number of rotatable bonds is 5. The lowest BCUT2D eigenvalue weighted by Gasteiger charge is -2.32. The van der Waals surface area contributed by atoms with Crippen LogP contribution in [0.1, 0.15) is 30.0 Å². The molecule has 2 aliphatic rings. The number of hydrogen-bond acceptors (Lipinski definition) is 5. The van der Waals surface area contributed by atoms with Crippen LogP contribution in [-0.4, -0.2) is 54.1 Å². The van der Waals surface area contributed by atoms with Gasteiger partial charge in [-0.15, -0.1) is 0 Å². The number of nitro benzene ring substituents is 1. The van der Waals surface area contributed by atoms with Gasteiger partial charge in [0, 0.05) is 42.9 Å². The van der Waals surface area contributed by atoms with E-state index in [0.717, 1.165) is 26.2 Å². The highest BCUT2D eigenvalue weighted by atomic mass is 19.1. The highest BCUT2D eigenvalue weighted by Crippen LogP contribution is 2.39. The van der Waals surface area contributed by atoms with Gasteiger partial charge in [-0.25, -0.2) is 4.39 Å². The van der Waals surface area contributed by atoms with Crippen molar-refractivity contribution in [2.45, 2.75) is 18.9 Å². The number of fused-ring (bicyclic) bond motifs is 1. The van der Waals surface area contributed by atoms with Crippen molar-refractivity contribution in [3.05, 3.63) is 69.5 Å². The maximum Gasteiger partial charge on any atom is 0.270 e. The summed E-state index contributed by atoms with van der Waals surface area (Å²) in [5.74, 6) is 0.278. The van der Waals surface area contributed by atoms with E-state index < -0.39 is 11.0 Å². The number of non-ortho nitro benzene ring substituents is 1. The standard InChI is InChI=1S/C21H24FN3O3/c22-19-6-2-1-5-17(19)21-18-15-16(25(26)27)7-8-20(18)28-14-13-24(21)12-11-23-9-3-4-10-23/h1-2,5-8,15,21H,3-4,9-14H2. The summed E-state index contributed by atoms with van der Waals surface area (Å²) in [7, 11) is 0. The number of nitrogens with zero attached hydrogens (tertiary/aromatic N) is 3. The molecule has 1 saturated heterocycles. The Morgan fingerprint density at radius 1 is 1.07 bits per heavy atom. The highest BCUT2D eigenvalue weighted by molar-refractivity contribution is 5.49. The van der Waals surface area contributed by atoms with E-state index in [-0.39, 0.29) is 11.5 Å². The quantitative estimate of drug-likeness (QED) is 0.581. The lowest BCUT2D eigenvalue weighted by atomic mass is 9.95. The van der Waals surface area contributed by atoms with E-state index in [9.17, 15) is 14.5 Å². The normalized spacial score (nSPS) is 20.4. The third kappa shape index (κ3) is 3.86. The molecule has 2 aromatic rings. The van der Waals surface area contributed by atoms with E-state index in [1.165, 1.54) is 31.0 Å². The first kappa shape index (κ1) is 18.8. The minimum atomic E-state index is -0.418. The molecule has 2 heterocycles. The maximum absolute atomic E-state index is 14.8. The van der Waals surface area contributed by atoms with Gasteiger partial charge in [0.2, 0.25) is 0 Å². The molecule has 1 unspecified atom stereocenters. The van der Waals surface area contributed by atoms with Crippen LogP contribution in [0.25, 0.3) is 0 Å². The molecular weight excluding hydrogens is 361 g/mol. The van der Waals surface area contributed by atoms with E-state index in [4.69, 9.17) is 4.74 Å². The molecule has 0 amide bonds. The van der Waals surface area contributed by atoms with Crippen LogP contribution in [0, 0.1) is 15.9 Å². The minimum absolute atomic E-state index is 0.00918. The molecule has 0 spiro atoms. The first-order chi connectivity index (χ1) is 13.6. The first-order valence-electron chi connectivity index (χ1n) is 9.75. The van der Waals surface area contributed by atoms with Gasteiger partial charge in [-0.2, -0.15) is 0 Å². The number of likely N-dealkylation sites (tertiary alicyclic amines) is 1. The summed E-state index contributed by atoms with van der Waals surface area (Å²) < 4.78 is 20.6. The van der Waals surface area contributed by atoms with Gasteiger partial charge in [-0.1, -0.05) is 18.2 Å². The fourth-order valence-electron chi connectivity index (χ4n) is 4.17. The van der Waals surface area contributed by atoms with Gasteiger partial charge < -0.3 is 9.64 Å². The second-order valence-corrected chi connectivity index (χ2v) is 7.34. The Labute approximate surface area is 163 Å². The van der Waals surface area contributed by atoms with Crippen molar-refractivity contribution < 1.29 is 14.1 Å². The van der Waals surface area contributed by atoms with E-state index in [1.807, 2.05) is 0 Å². The van der Waals surface area contributed by atoms with Crippen LogP contribution in [0.5, 0.6) is 5.75 Å². The van der Waals surface area contributed by atoms with E-state index in [2.05, 4.69) is 9.80 Å². The molecule has 2 aromatic carbocycles. The molecule has 4 rings (SSSR count). The summed E-state index contributed by atoms with van der Waals surface area (Å²) in [4.78, 5) is 15.5.